The highest BCUT2D eigenvalue weighted by Gasteiger charge is 2.35. The van der Waals surface area contributed by atoms with Crippen molar-refractivity contribution >= 4 is 21.6 Å². The molecule has 0 aromatic heterocycles. The van der Waals surface area contributed by atoms with Crippen molar-refractivity contribution in [2.45, 2.75) is 31.9 Å². The summed E-state index contributed by atoms with van der Waals surface area (Å²) in [6.45, 7) is 3.94. The molecule has 0 aliphatic carbocycles. The van der Waals surface area contributed by atoms with Gasteiger partial charge in [0.05, 0.1) is 25.1 Å². The minimum absolute atomic E-state index is 0.247. The minimum atomic E-state index is -3.41. The first-order chi connectivity index (χ1) is 13.5. The Balaban J connectivity index is 1.88. The van der Waals surface area contributed by atoms with Crippen molar-refractivity contribution in [3.8, 4) is 11.5 Å². The van der Waals surface area contributed by atoms with Gasteiger partial charge in [-0.05, 0) is 44.2 Å². The third-order valence-corrected chi connectivity index (χ3v) is 6.16. The van der Waals surface area contributed by atoms with E-state index < -0.39 is 15.6 Å². The Hall–Kier alpha value is -2.74. The number of amides is 1. The van der Waals surface area contributed by atoms with Gasteiger partial charge >= 0.3 is 0 Å². The molecule has 0 unspecified atom stereocenters. The number of ether oxygens (including phenoxy) is 2. The number of benzene rings is 2. The van der Waals surface area contributed by atoms with Gasteiger partial charge in [-0.25, -0.2) is 8.42 Å². The quantitative estimate of drug-likeness (QED) is 0.806. The van der Waals surface area contributed by atoms with E-state index >= 15 is 0 Å². The lowest BCUT2D eigenvalue weighted by Gasteiger charge is -2.38. The standard InChI is InChI=1S/C21H26N2O5S/c1-21(2)13-18(17-10-9-16(27-4)12-19(17)28-21)22-20(24)14-7-6-8-15(11-14)23(3)29(5,25)26/h6-12,18H,13H2,1-5H3,(H,22,24)/t18-/m0/s1. The monoisotopic (exact) mass is 418 g/mol. The molecule has 8 heteroatoms. The molecule has 156 valence electrons. The molecule has 1 heterocycles. The van der Waals surface area contributed by atoms with Gasteiger partial charge in [-0.3, -0.25) is 9.10 Å². The summed E-state index contributed by atoms with van der Waals surface area (Å²) in [5.41, 5.74) is 1.23. The summed E-state index contributed by atoms with van der Waals surface area (Å²) in [5, 5.41) is 3.06. The second kappa shape index (κ2) is 7.59. The highest BCUT2D eigenvalue weighted by Crippen LogP contribution is 2.41. The van der Waals surface area contributed by atoms with Crippen molar-refractivity contribution in [3.05, 3.63) is 53.6 Å². The van der Waals surface area contributed by atoms with Crippen LogP contribution in [-0.4, -0.2) is 40.3 Å². The molecule has 0 fully saturated rings. The van der Waals surface area contributed by atoms with E-state index in [-0.39, 0.29) is 11.9 Å². The van der Waals surface area contributed by atoms with E-state index in [2.05, 4.69) is 5.32 Å². The van der Waals surface area contributed by atoms with E-state index in [1.54, 1.807) is 31.4 Å². The summed E-state index contributed by atoms with van der Waals surface area (Å²) < 4.78 is 36.1. The molecule has 1 atom stereocenters. The first-order valence-corrected chi connectivity index (χ1v) is 11.1. The lowest BCUT2D eigenvalue weighted by atomic mass is 9.89. The number of methoxy groups -OCH3 is 1. The number of carbonyl (C=O) groups excluding carboxylic acids is 1. The third-order valence-electron chi connectivity index (χ3n) is 4.95. The van der Waals surface area contributed by atoms with Gasteiger partial charge in [0, 0.05) is 30.7 Å². The largest absolute Gasteiger partial charge is 0.497 e. The Kier molecular flexibility index (Phi) is 5.49. The molecule has 1 N–H and O–H groups in total. The van der Waals surface area contributed by atoms with Crippen LogP contribution in [-0.2, 0) is 10.0 Å². The molecule has 1 aliphatic rings. The number of nitrogens with one attached hydrogen (secondary N) is 1. The molecule has 7 nitrogen and oxygen atoms in total. The zero-order chi connectivity index (χ0) is 21.4. The number of fused-ring (bicyclic) bond motifs is 1. The van der Waals surface area contributed by atoms with Gasteiger partial charge < -0.3 is 14.8 Å². The van der Waals surface area contributed by atoms with E-state index in [9.17, 15) is 13.2 Å². The molecule has 3 rings (SSSR count). The second-order valence-corrected chi connectivity index (χ2v) is 9.79. The maximum absolute atomic E-state index is 12.9. The molecule has 2 aromatic rings. The maximum atomic E-state index is 12.9. The number of hydrogen-bond acceptors (Lipinski definition) is 5. The van der Waals surface area contributed by atoms with E-state index in [0.29, 0.717) is 29.2 Å². The first kappa shape index (κ1) is 21.0. The Morgan fingerprint density at radius 2 is 1.97 bits per heavy atom. The molecule has 2 aromatic carbocycles. The van der Waals surface area contributed by atoms with Crippen LogP contribution in [0.2, 0.25) is 0 Å². The fourth-order valence-corrected chi connectivity index (χ4v) is 3.86. The van der Waals surface area contributed by atoms with Gasteiger partial charge in [-0.1, -0.05) is 6.07 Å². The molecule has 0 saturated heterocycles. The molecule has 29 heavy (non-hydrogen) atoms. The van der Waals surface area contributed by atoms with Crippen LogP contribution in [0, 0.1) is 0 Å². The number of rotatable bonds is 5. The van der Waals surface area contributed by atoms with Crippen molar-refractivity contribution < 1.29 is 22.7 Å². The highest BCUT2D eigenvalue weighted by molar-refractivity contribution is 7.92. The zero-order valence-corrected chi connectivity index (χ0v) is 18.0. The van der Waals surface area contributed by atoms with Gasteiger partial charge in [0.25, 0.3) is 5.91 Å². The zero-order valence-electron chi connectivity index (χ0n) is 17.2. The van der Waals surface area contributed by atoms with Crippen molar-refractivity contribution in [2.24, 2.45) is 0 Å². The highest BCUT2D eigenvalue weighted by atomic mass is 32.2. The minimum Gasteiger partial charge on any atom is -0.497 e. The molecule has 0 saturated carbocycles. The van der Waals surface area contributed by atoms with Crippen LogP contribution >= 0.6 is 0 Å². The Morgan fingerprint density at radius 3 is 2.62 bits per heavy atom. The lowest BCUT2D eigenvalue weighted by molar-refractivity contribution is 0.0617. The van der Waals surface area contributed by atoms with Crippen LogP contribution in [0.4, 0.5) is 5.69 Å². The van der Waals surface area contributed by atoms with Crippen LogP contribution in [0.1, 0.15) is 42.2 Å². The summed E-state index contributed by atoms with van der Waals surface area (Å²) in [6.07, 6.45) is 1.72. The third kappa shape index (κ3) is 4.64. The van der Waals surface area contributed by atoms with Crippen molar-refractivity contribution in [1.82, 2.24) is 5.32 Å². The maximum Gasteiger partial charge on any atom is 0.251 e. The van der Waals surface area contributed by atoms with Gasteiger partial charge in [0.2, 0.25) is 10.0 Å². The Morgan fingerprint density at radius 1 is 1.24 bits per heavy atom. The van der Waals surface area contributed by atoms with Gasteiger partial charge in [0.1, 0.15) is 17.1 Å². The average Bonchev–Trinajstić information content (AvgIpc) is 2.65. The smallest absolute Gasteiger partial charge is 0.251 e. The number of carbonyl (C=O) groups is 1. The number of sulfonamides is 1. The molecule has 0 spiro atoms. The average molecular weight is 419 g/mol. The van der Waals surface area contributed by atoms with Crippen LogP contribution in [0.15, 0.2) is 42.5 Å². The molecule has 0 radical (unpaired) electrons. The first-order valence-electron chi connectivity index (χ1n) is 9.22. The summed E-state index contributed by atoms with van der Waals surface area (Å²) in [7, 11) is -0.366. The predicted molar refractivity (Wildman–Crippen MR) is 112 cm³/mol. The number of hydrogen-bond donors (Lipinski definition) is 1. The van der Waals surface area contributed by atoms with Crippen LogP contribution < -0.4 is 19.1 Å². The summed E-state index contributed by atoms with van der Waals surface area (Å²) in [5.74, 6) is 1.08. The summed E-state index contributed by atoms with van der Waals surface area (Å²) >= 11 is 0. The second-order valence-electron chi connectivity index (χ2n) is 7.78. The van der Waals surface area contributed by atoms with Crippen LogP contribution in [0.3, 0.4) is 0 Å². The fourth-order valence-electron chi connectivity index (χ4n) is 3.36. The SMILES string of the molecule is COc1ccc2c(c1)OC(C)(C)C[C@@H]2NC(=O)c1cccc(N(C)S(C)(=O)=O)c1. The van der Waals surface area contributed by atoms with Crippen molar-refractivity contribution in [3.63, 3.8) is 0 Å². The van der Waals surface area contributed by atoms with Crippen molar-refractivity contribution in [1.29, 1.82) is 0 Å². The predicted octanol–water partition coefficient (Wildman–Crippen LogP) is 3.12. The van der Waals surface area contributed by atoms with Gasteiger partial charge in [-0.15, -0.1) is 0 Å². The fraction of sp³-hybridized carbons (Fsp3) is 0.381. The van der Waals surface area contributed by atoms with Gasteiger partial charge in [0.15, 0.2) is 0 Å². The van der Waals surface area contributed by atoms with Gasteiger partial charge in [-0.2, -0.15) is 0 Å². The van der Waals surface area contributed by atoms with E-state index in [1.165, 1.54) is 7.05 Å². The van der Waals surface area contributed by atoms with E-state index in [4.69, 9.17) is 9.47 Å². The molecule has 1 amide bonds. The normalized spacial score (nSPS) is 17.6. The van der Waals surface area contributed by atoms with Crippen LogP contribution in [0.25, 0.3) is 0 Å². The summed E-state index contributed by atoms with van der Waals surface area (Å²) in [6, 6.07) is 11.8. The molecular formula is C21H26N2O5S. The molecule has 0 bridgehead atoms. The summed E-state index contributed by atoms with van der Waals surface area (Å²) in [4.78, 5) is 12.9. The lowest BCUT2D eigenvalue weighted by Crippen LogP contribution is -2.41. The Bertz CT molecular complexity index is 1030. The number of anilines is 1. The van der Waals surface area contributed by atoms with E-state index in [0.717, 1.165) is 16.1 Å². The topological polar surface area (TPSA) is 84.9 Å². The Labute approximate surface area is 171 Å². The molecular weight excluding hydrogens is 392 g/mol. The van der Waals surface area contributed by atoms with E-state index in [1.807, 2.05) is 32.0 Å². The molecule has 1 aliphatic heterocycles. The number of nitrogens with zero attached hydrogens (tertiary/aromatic N) is 1. The van der Waals surface area contributed by atoms with Crippen molar-refractivity contribution in [2.75, 3.05) is 24.7 Å². The van der Waals surface area contributed by atoms with Crippen LogP contribution in [0.5, 0.6) is 11.5 Å².